The van der Waals surface area contributed by atoms with Crippen molar-refractivity contribution in [3.05, 3.63) is 11.6 Å². The number of hydrogen-bond donors (Lipinski definition) is 1. The van der Waals surface area contributed by atoms with Crippen LogP contribution in [0.25, 0.3) is 0 Å². The summed E-state index contributed by atoms with van der Waals surface area (Å²) in [6, 6.07) is 0. The fourth-order valence-electron chi connectivity index (χ4n) is 1.04. The van der Waals surface area contributed by atoms with Crippen molar-refractivity contribution in [2.24, 2.45) is 0 Å². The van der Waals surface area contributed by atoms with Gasteiger partial charge >= 0.3 is 0 Å². The summed E-state index contributed by atoms with van der Waals surface area (Å²) in [5.41, 5.74) is -0.125. The van der Waals surface area contributed by atoms with Crippen molar-refractivity contribution < 1.29 is 4.74 Å². The van der Waals surface area contributed by atoms with Gasteiger partial charge in [-0.1, -0.05) is 0 Å². The normalized spacial score (nSPS) is 11.6. The molecular formula is C9H16N2OS. The second-order valence-electron chi connectivity index (χ2n) is 3.38. The summed E-state index contributed by atoms with van der Waals surface area (Å²) < 4.78 is 5.54. The number of thiazole rings is 1. The Kier molecular flexibility index (Phi) is 3.69. The topological polar surface area (TPSA) is 34.1 Å². The van der Waals surface area contributed by atoms with E-state index in [0.717, 1.165) is 18.3 Å². The summed E-state index contributed by atoms with van der Waals surface area (Å²) in [5.74, 6) is 0. The number of nitrogens with zero attached hydrogens (tertiary/aromatic N) is 1. The molecule has 0 aliphatic carbocycles. The zero-order valence-corrected chi connectivity index (χ0v) is 9.15. The number of nitrogens with one attached hydrogen (secondary N) is 1. The molecule has 13 heavy (non-hydrogen) atoms. The molecule has 1 N–H and O–H groups in total. The van der Waals surface area contributed by atoms with E-state index in [1.54, 1.807) is 17.5 Å². The van der Waals surface area contributed by atoms with E-state index in [1.165, 1.54) is 0 Å². The Morgan fingerprint density at radius 1 is 1.62 bits per heavy atom. The number of aromatic nitrogens is 1. The van der Waals surface area contributed by atoms with Crippen LogP contribution in [0.2, 0.25) is 0 Å². The monoisotopic (exact) mass is 200 g/mol. The van der Waals surface area contributed by atoms with Crippen LogP contribution >= 0.6 is 11.3 Å². The molecular weight excluding hydrogens is 184 g/mol. The third-order valence-corrected chi connectivity index (χ3v) is 2.36. The number of ether oxygens (including phenoxy) is 1. The van der Waals surface area contributed by atoms with Crippen molar-refractivity contribution in [1.29, 1.82) is 0 Å². The number of anilines is 1. The van der Waals surface area contributed by atoms with E-state index >= 15 is 0 Å². The molecule has 0 amide bonds. The maximum absolute atomic E-state index is 5.54. The van der Waals surface area contributed by atoms with Crippen LogP contribution in [0.1, 0.15) is 20.8 Å². The van der Waals surface area contributed by atoms with Crippen molar-refractivity contribution in [2.45, 2.75) is 26.4 Å². The van der Waals surface area contributed by atoms with Gasteiger partial charge in [0.15, 0.2) is 5.13 Å². The highest BCUT2D eigenvalue weighted by Crippen LogP contribution is 2.14. The van der Waals surface area contributed by atoms with Gasteiger partial charge in [0.1, 0.15) is 0 Å². The van der Waals surface area contributed by atoms with E-state index in [1.807, 2.05) is 12.3 Å². The molecule has 0 radical (unpaired) electrons. The van der Waals surface area contributed by atoms with Gasteiger partial charge in [-0.15, -0.1) is 11.3 Å². The first-order chi connectivity index (χ1) is 6.14. The van der Waals surface area contributed by atoms with Crippen molar-refractivity contribution in [1.82, 2.24) is 4.98 Å². The van der Waals surface area contributed by atoms with Crippen LogP contribution in [0.4, 0.5) is 5.13 Å². The van der Waals surface area contributed by atoms with Crippen molar-refractivity contribution in [2.75, 3.05) is 18.5 Å². The lowest BCUT2D eigenvalue weighted by Crippen LogP contribution is -2.33. The van der Waals surface area contributed by atoms with Gasteiger partial charge in [0, 0.05) is 24.7 Å². The maximum Gasteiger partial charge on any atom is 0.182 e. The first-order valence-corrected chi connectivity index (χ1v) is 5.29. The summed E-state index contributed by atoms with van der Waals surface area (Å²) in [5, 5.41) is 6.14. The summed E-state index contributed by atoms with van der Waals surface area (Å²) in [4.78, 5) is 4.13. The van der Waals surface area contributed by atoms with E-state index in [9.17, 15) is 0 Å². The lowest BCUT2D eigenvalue weighted by molar-refractivity contribution is 0.000696. The molecule has 1 aromatic heterocycles. The van der Waals surface area contributed by atoms with Crippen LogP contribution in [0.5, 0.6) is 0 Å². The van der Waals surface area contributed by atoms with E-state index in [2.05, 4.69) is 24.1 Å². The zero-order valence-electron chi connectivity index (χ0n) is 8.33. The molecule has 4 heteroatoms. The van der Waals surface area contributed by atoms with Gasteiger partial charge in [-0.05, 0) is 20.8 Å². The molecule has 0 bridgehead atoms. The van der Waals surface area contributed by atoms with Gasteiger partial charge in [-0.2, -0.15) is 0 Å². The van der Waals surface area contributed by atoms with Crippen LogP contribution in [-0.2, 0) is 4.74 Å². The maximum atomic E-state index is 5.54. The van der Waals surface area contributed by atoms with Gasteiger partial charge in [-0.3, -0.25) is 0 Å². The Bertz CT molecular complexity index is 234. The van der Waals surface area contributed by atoms with Crippen LogP contribution < -0.4 is 5.32 Å². The third kappa shape index (κ3) is 3.74. The lowest BCUT2D eigenvalue weighted by atomic mass is 10.1. The highest BCUT2D eigenvalue weighted by molar-refractivity contribution is 7.13. The Hall–Kier alpha value is -0.610. The van der Waals surface area contributed by atoms with Crippen LogP contribution in [0, 0.1) is 0 Å². The summed E-state index contributed by atoms with van der Waals surface area (Å²) in [7, 11) is 0. The Morgan fingerprint density at radius 2 is 2.38 bits per heavy atom. The minimum atomic E-state index is -0.125. The Morgan fingerprint density at radius 3 is 2.92 bits per heavy atom. The number of rotatable bonds is 5. The number of hydrogen-bond acceptors (Lipinski definition) is 4. The smallest absolute Gasteiger partial charge is 0.182 e. The highest BCUT2D eigenvalue weighted by atomic mass is 32.1. The van der Waals surface area contributed by atoms with Gasteiger partial charge in [0.25, 0.3) is 0 Å². The molecule has 1 heterocycles. The second-order valence-corrected chi connectivity index (χ2v) is 4.28. The van der Waals surface area contributed by atoms with Gasteiger partial charge < -0.3 is 10.1 Å². The molecule has 0 unspecified atom stereocenters. The predicted octanol–water partition coefficient (Wildman–Crippen LogP) is 2.37. The molecule has 0 saturated heterocycles. The molecule has 0 aliphatic heterocycles. The summed E-state index contributed by atoms with van der Waals surface area (Å²) in [6.07, 6.45) is 1.79. The van der Waals surface area contributed by atoms with Gasteiger partial charge in [0.2, 0.25) is 0 Å². The first kappa shape index (κ1) is 10.5. The standard InChI is InChI=1S/C9H16N2OS/c1-4-12-9(2,3)7-11-8-10-5-6-13-8/h5-6H,4,7H2,1-3H3,(H,10,11). The molecule has 1 aromatic rings. The molecule has 3 nitrogen and oxygen atoms in total. The molecule has 0 fully saturated rings. The van der Waals surface area contributed by atoms with Crippen LogP contribution in [0.15, 0.2) is 11.6 Å². The molecule has 74 valence electrons. The Labute approximate surface area is 83.1 Å². The van der Waals surface area contributed by atoms with Crippen molar-refractivity contribution in [3.8, 4) is 0 Å². The van der Waals surface area contributed by atoms with Gasteiger partial charge in [-0.25, -0.2) is 4.98 Å². The zero-order chi connectivity index (χ0) is 9.73. The third-order valence-electron chi connectivity index (χ3n) is 1.63. The summed E-state index contributed by atoms with van der Waals surface area (Å²) >= 11 is 1.60. The van der Waals surface area contributed by atoms with E-state index < -0.39 is 0 Å². The molecule has 0 atom stereocenters. The minimum Gasteiger partial charge on any atom is -0.374 e. The Balaban J connectivity index is 2.33. The molecule has 0 aliphatic rings. The van der Waals surface area contributed by atoms with E-state index in [4.69, 9.17) is 4.74 Å². The van der Waals surface area contributed by atoms with E-state index in [-0.39, 0.29) is 5.60 Å². The minimum absolute atomic E-state index is 0.125. The second kappa shape index (κ2) is 4.58. The van der Waals surface area contributed by atoms with Crippen molar-refractivity contribution in [3.63, 3.8) is 0 Å². The molecule has 0 saturated carbocycles. The highest BCUT2D eigenvalue weighted by Gasteiger charge is 2.17. The van der Waals surface area contributed by atoms with Gasteiger partial charge in [0.05, 0.1) is 5.60 Å². The lowest BCUT2D eigenvalue weighted by Gasteiger charge is -2.24. The van der Waals surface area contributed by atoms with Crippen LogP contribution in [0.3, 0.4) is 0 Å². The molecule has 0 aromatic carbocycles. The molecule has 0 spiro atoms. The SMILES string of the molecule is CCOC(C)(C)CNc1nccs1. The van der Waals surface area contributed by atoms with Crippen molar-refractivity contribution >= 4 is 16.5 Å². The molecule has 1 rings (SSSR count). The predicted molar refractivity (Wildman–Crippen MR) is 56.3 cm³/mol. The fraction of sp³-hybridized carbons (Fsp3) is 0.667. The van der Waals surface area contributed by atoms with Crippen LogP contribution in [-0.4, -0.2) is 23.7 Å². The fourth-order valence-corrected chi connectivity index (χ4v) is 1.57. The van der Waals surface area contributed by atoms with E-state index in [0.29, 0.717) is 0 Å². The summed E-state index contributed by atoms with van der Waals surface area (Å²) in [6.45, 7) is 7.67. The average Bonchev–Trinajstić information content (AvgIpc) is 2.52. The quantitative estimate of drug-likeness (QED) is 0.792. The first-order valence-electron chi connectivity index (χ1n) is 4.41. The average molecular weight is 200 g/mol. The largest absolute Gasteiger partial charge is 0.374 e.